The van der Waals surface area contributed by atoms with Crippen molar-refractivity contribution in [3.05, 3.63) is 35.1 Å². The minimum Gasteiger partial charge on any atom is -0.310 e. The zero-order valence-electron chi connectivity index (χ0n) is 7.81. The molecule has 1 aromatic rings. The molecule has 0 saturated carbocycles. The summed E-state index contributed by atoms with van der Waals surface area (Å²) in [5.74, 6) is -0.0915. The molecule has 0 aliphatic carbocycles. The van der Waals surface area contributed by atoms with Crippen molar-refractivity contribution in [3.63, 3.8) is 0 Å². The van der Waals surface area contributed by atoms with E-state index in [1.807, 2.05) is 12.1 Å². The standard InChI is InChI=1S/C11H14FN/c1-8-4-5-9(7-10(8)12)11-3-2-6-13-11/h4-5,7,11,13H,2-3,6H2,1H3/t11-/m1/s1. The summed E-state index contributed by atoms with van der Waals surface area (Å²) in [5.41, 5.74) is 1.81. The molecule has 0 amide bonds. The highest BCUT2D eigenvalue weighted by Crippen LogP contribution is 2.24. The molecule has 2 rings (SSSR count). The number of hydrogen-bond donors (Lipinski definition) is 1. The lowest BCUT2D eigenvalue weighted by Crippen LogP contribution is -2.12. The van der Waals surface area contributed by atoms with Gasteiger partial charge in [-0.25, -0.2) is 4.39 Å². The average Bonchev–Trinajstić information content (AvgIpc) is 2.62. The Morgan fingerprint density at radius 1 is 1.46 bits per heavy atom. The minimum atomic E-state index is -0.0915. The molecule has 1 fully saturated rings. The van der Waals surface area contributed by atoms with Crippen molar-refractivity contribution in [2.45, 2.75) is 25.8 Å². The molecular weight excluding hydrogens is 165 g/mol. The van der Waals surface area contributed by atoms with Gasteiger partial charge in [-0.15, -0.1) is 0 Å². The Labute approximate surface area is 78.0 Å². The summed E-state index contributed by atoms with van der Waals surface area (Å²) >= 11 is 0. The molecule has 1 nitrogen and oxygen atoms in total. The fourth-order valence-corrected chi connectivity index (χ4v) is 1.79. The van der Waals surface area contributed by atoms with Crippen molar-refractivity contribution >= 4 is 0 Å². The van der Waals surface area contributed by atoms with E-state index in [0.29, 0.717) is 6.04 Å². The van der Waals surface area contributed by atoms with Gasteiger partial charge in [0.15, 0.2) is 0 Å². The molecule has 1 N–H and O–H groups in total. The van der Waals surface area contributed by atoms with Gasteiger partial charge in [-0.2, -0.15) is 0 Å². The maximum atomic E-state index is 13.2. The zero-order valence-corrected chi connectivity index (χ0v) is 7.81. The predicted octanol–water partition coefficient (Wildman–Crippen LogP) is 2.56. The summed E-state index contributed by atoms with van der Waals surface area (Å²) in [4.78, 5) is 0. The Hall–Kier alpha value is -0.890. The Kier molecular flexibility index (Phi) is 2.32. The summed E-state index contributed by atoms with van der Waals surface area (Å²) < 4.78 is 13.2. The Bertz CT molecular complexity index is 303. The van der Waals surface area contributed by atoms with Crippen LogP contribution in [0.2, 0.25) is 0 Å². The van der Waals surface area contributed by atoms with Gasteiger partial charge in [-0.3, -0.25) is 0 Å². The smallest absolute Gasteiger partial charge is 0.126 e. The fourth-order valence-electron chi connectivity index (χ4n) is 1.79. The monoisotopic (exact) mass is 179 g/mol. The number of rotatable bonds is 1. The Morgan fingerprint density at radius 2 is 2.31 bits per heavy atom. The van der Waals surface area contributed by atoms with Crippen LogP contribution in [0.3, 0.4) is 0 Å². The topological polar surface area (TPSA) is 12.0 Å². The SMILES string of the molecule is Cc1ccc([C@H]2CCCN2)cc1F. The second-order valence-electron chi connectivity index (χ2n) is 3.66. The molecule has 70 valence electrons. The van der Waals surface area contributed by atoms with E-state index in [2.05, 4.69) is 5.32 Å². The molecule has 1 heterocycles. The summed E-state index contributed by atoms with van der Waals surface area (Å²) in [6.07, 6.45) is 2.32. The van der Waals surface area contributed by atoms with Crippen molar-refractivity contribution < 1.29 is 4.39 Å². The first-order valence-electron chi connectivity index (χ1n) is 4.77. The summed E-state index contributed by atoms with van der Waals surface area (Å²) in [6, 6.07) is 5.89. The largest absolute Gasteiger partial charge is 0.310 e. The molecule has 2 heteroatoms. The van der Waals surface area contributed by atoms with Crippen LogP contribution in [0, 0.1) is 12.7 Å². The second-order valence-corrected chi connectivity index (χ2v) is 3.66. The first-order chi connectivity index (χ1) is 6.27. The molecule has 0 spiro atoms. The van der Waals surface area contributed by atoms with Gasteiger partial charge in [0.2, 0.25) is 0 Å². The summed E-state index contributed by atoms with van der Waals surface area (Å²) in [7, 11) is 0. The summed E-state index contributed by atoms with van der Waals surface area (Å²) in [6.45, 7) is 2.85. The summed E-state index contributed by atoms with van der Waals surface area (Å²) in [5, 5.41) is 3.35. The number of aryl methyl sites for hydroxylation is 1. The molecular formula is C11H14FN. The third-order valence-electron chi connectivity index (χ3n) is 2.66. The number of halogens is 1. The third-order valence-corrected chi connectivity index (χ3v) is 2.66. The quantitative estimate of drug-likeness (QED) is 0.698. The van der Waals surface area contributed by atoms with E-state index in [4.69, 9.17) is 0 Å². The molecule has 0 aromatic heterocycles. The highest BCUT2D eigenvalue weighted by atomic mass is 19.1. The fraction of sp³-hybridized carbons (Fsp3) is 0.455. The van der Waals surface area contributed by atoms with E-state index in [1.54, 1.807) is 13.0 Å². The predicted molar refractivity (Wildman–Crippen MR) is 51.1 cm³/mol. The minimum absolute atomic E-state index is 0.0915. The first kappa shape index (κ1) is 8.70. The van der Waals surface area contributed by atoms with Gasteiger partial charge in [0.25, 0.3) is 0 Å². The van der Waals surface area contributed by atoms with Crippen molar-refractivity contribution in [1.82, 2.24) is 5.32 Å². The lowest BCUT2D eigenvalue weighted by atomic mass is 10.0. The molecule has 0 unspecified atom stereocenters. The van der Waals surface area contributed by atoms with Crippen LogP contribution in [0.4, 0.5) is 4.39 Å². The van der Waals surface area contributed by atoms with E-state index >= 15 is 0 Å². The van der Waals surface area contributed by atoms with Gasteiger partial charge in [-0.05, 0) is 43.5 Å². The highest BCUT2D eigenvalue weighted by molar-refractivity contribution is 5.26. The molecule has 1 aliphatic heterocycles. The van der Waals surface area contributed by atoms with Gasteiger partial charge >= 0.3 is 0 Å². The van der Waals surface area contributed by atoms with E-state index in [1.165, 1.54) is 6.42 Å². The van der Waals surface area contributed by atoms with Gasteiger partial charge in [0, 0.05) is 6.04 Å². The van der Waals surface area contributed by atoms with Crippen molar-refractivity contribution in [3.8, 4) is 0 Å². The molecule has 13 heavy (non-hydrogen) atoms. The van der Waals surface area contributed by atoms with Gasteiger partial charge in [0.1, 0.15) is 5.82 Å². The van der Waals surface area contributed by atoms with Crippen molar-refractivity contribution in [1.29, 1.82) is 0 Å². The van der Waals surface area contributed by atoms with Crippen LogP contribution < -0.4 is 5.32 Å². The van der Waals surface area contributed by atoms with E-state index in [-0.39, 0.29) is 5.82 Å². The van der Waals surface area contributed by atoms with Crippen LogP contribution in [-0.2, 0) is 0 Å². The Balaban J connectivity index is 2.25. The van der Waals surface area contributed by atoms with Gasteiger partial charge in [0.05, 0.1) is 0 Å². The average molecular weight is 179 g/mol. The lowest BCUT2D eigenvalue weighted by molar-refractivity contribution is 0.600. The van der Waals surface area contributed by atoms with Crippen LogP contribution in [0.15, 0.2) is 18.2 Å². The van der Waals surface area contributed by atoms with Crippen LogP contribution in [-0.4, -0.2) is 6.54 Å². The van der Waals surface area contributed by atoms with Gasteiger partial charge < -0.3 is 5.32 Å². The first-order valence-corrected chi connectivity index (χ1v) is 4.77. The second kappa shape index (κ2) is 3.46. The molecule has 1 aliphatic rings. The number of benzene rings is 1. The third kappa shape index (κ3) is 1.73. The van der Waals surface area contributed by atoms with Crippen LogP contribution in [0.5, 0.6) is 0 Å². The molecule has 1 atom stereocenters. The number of hydrogen-bond acceptors (Lipinski definition) is 1. The normalized spacial score (nSPS) is 22.2. The van der Waals surface area contributed by atoms with Gasteiger partial charge in [-0.1, -0.05) is 12.1 Å². The lowest BCUT2D eigenvalue weighted by Gasteiger charge is -2.10. The maximum absolute atomic E-state index is 13.2. The molecule has 0 radical (unpaired) electrons. The van der Waals surface area contributed by atoms with Crippen LogP contribution in [0.25, 0.3) is 0 Å². The highest BCUT2D eigenvalue weighted by Gasteiger charge is 2.16. The van der Waals surface area contributed by atoms with Crippen molar-refractivity contribution in [2.75, 3.05) is 6.54 Å². The van der Waals surface area contributed by atoms with E-state index in [9.17, 15) is 4.39 Å². The zero-order chi connectivity index (χ0) is 9.26. The van der Waals surface area contributed by atoms with Crippen molar-refractivity contribution in [2.24, 2.45) is 0 Å². The van der Waals surface area contributed by atoms with Crippen LogP contribution >= 0.6 is 0 Å². The Morgan fingerprint density at radius 3 is 2.92 bits per heavy atom. The number of nitrogens with one attached hydrogen (secondary N) is 1. The maximum Gasteiger partial charge on any atom is 0.126 e. The molecule has 0 bridgehead atoms. The van der Waals surface area contributed by atoms with E-state index < -0.39 is 0 Å². The van der Waals surface area contributed by atoms with E-state index in [0.717, 1.165) is 24.1 Å². The van der Waals surface area contributed by atoms with Crippen LogP contribution in [0.1, 0.15) is 30.0 Å². The molecule has 1 aromatic carbocycles. The molecule has 1 saturated heterocycles.